The van der Waals surface area contributed by atoms with Crippen molar-refractivity contribution in [3.8, 4) is 0 Å². The molecule has 0 radical (unpaired) electrons. The van der Waals surface area contributed by atoms with Crippen LogP contribution in [0, 0.1) is 0 Å². The van der Waals surface area contributed by atoms with Crippen LogP contribution in [0.2, 0.25) is 0 Å². The Bertz CT molecular complexity index is 579. The summed E-state index contributed by atoms with van der Waals surface area (Å²) in [7, 11) is 0. The van der Waals surface area contributed by atoms with Crippen molar-refractivity contribution in [2.75, 3.05) is 32.8 Å². The Morgan fingerprint density at radius 3 is 2.55 bits per heavy atom. The lowest BCUT2D eigenvalue weighted by Crippen LogP contribution is -2.47. The van der Waals surface area contributed by atoms with Crippen molar-refractivity contribution in [2.45, 2.75) is 81.5 Å². The summed E-state index contributed by atoms with van der Waals surface area (Å²) in [5.41, 5.74) is 0. The van der Waals surface area contributed by atoms with E-state index in [2.05, 4.69) is 10.6 Å². The molecule has 1 aliphatic carbocycles. The molecule has 1 saturated carbocycles. The molecular weight excluding hydrogens is 378 g/mol. The number of hydrogen-bond donors (Lipinski definition) is 3. The van der Waals surface area contributed by atoms with E-state index in [9.17, 15) is 14.7 Å². The molecule has 9 heteroatoms. The highest BCUT2D eigenvalue weighted by Crippen LogP contribution is 2.35. The van der Waals surface area contributed by atoms with E-state index in [1.807, 2.05) is 0 Å². The molecule has 0 bridgehead atoms. The molecule has 0 spiro atoms. The van der Waals surface area contributed by atoms with E-state index >= 15 is 0 Å². The number of morpholine rings is 1. The summed E-state index contributed by atoms with van der Waals surface area (Å²) >= 11 is 0. The van der Waals surface area contributed by atoms with Gasteiger partial charge in [0, 0.05) is 32.1 Å². The number of ether oxygens (including phenoxy) is 3. The summed E-state index contributed by atoms with van der Waals surface area (Å²) in [5.74, 6) is 0.0605. The number of nitrogens with zero attached hydrogens (tertiary/aromatic N) is 1. The number of carbonyl (C=O) groups is 2. The van der Waals surface area contributed by atoms with E-state index in [-0.39, 0.29) is 36.7 Å². The molecule has 29 heavy (non-hydrogen) atoms. The third-order valence-electron chi connectivity index (χ3n) is 6.45. The maximum absolute atomic E-state index is 12.4. The Hall–Kier alpha value is -1.42. The van der Waals surface area contributed by atoms with Crippen molar-refractivity contribution in [1.29, 1.82) is 0 Å². The lowest BCUT2D eigenvalue weighted by molar-refractivity contribution is -0.138. The Kier molecular flexibility index (Phi) is 6.89. The van der Waals surface area contributed by atoms with Gasteiger partial charge in [0.1, 0.15) is 18.3 Å². The third kappa shape index (κ3) is 5.20. The summed E-state index contributed by atoms with van der Waals surface area (Å²) in [6.45, 7) is 2.64. The topological polar surface area (TPSA) is 109 Å². The summed E-state index contributed by atoms with van der Waals surface area (Å²) in [5, 5.41) is 16.4. The van der Waals surface area contributed by atoms with Crippen molar-refractivity contribution >= 4 is 11.9 Å². The lowest BCUT2D eigenvalue weighted by atomic mass is 9.96. The maximum Gasteiger partial charge on any atom is 0.315 e. The fraction of sp³-hybridized carbons (Fsp3) is 0.900. The van der Waals surface area contributed by atoms with Crippen LogP contribution < -0.4 is 10.6 Å². The van der Waals surface area contributed by atoms with Crippen molar-refractivity contribution in [3.63, 3.8) is 0 Å². The van der Waals surface area contributed by atoms with Gasteiger partial charge < -0.3 is 34.9 Å². The minimum absolute atomic E-state index is 0.0605. The quantitative estimate of drug-likeness (QED) is 0.594. The van der Waals surface area contributed by atoms with Gasteiger partial charge in [-0.25, -0.2) is 4.79 Å². The number of carbonyl (C=O) groups excluding carboxylic acids is 2. The van der Waals surface area contributed by atoms with Crippen molar-refractivity contribution in [1.82, 2.24) is 15.5 Å². The zero-order valence-electron chi connectivity index (χ0n) is 16.9. The van der Waals surface area contributed by atoms with Gasteiger partial charge in [0.05, 0.1) is 31.8 Å². The highest BCUT2D eigenvalue weighted by Gasteiger charge is 2.50. The van der Waals surface area contributed by atoms with Crippen LogP contribution in [0.5, 0.6) is 0 Å². The molecule has 3 amide bonds. The summed E-state index contributed by atoms with van der Waals surface area (Å²) < 4.78 is 17.1. The van der Waals surface area contributed by atoms with Crippen molar-refractivity contribution < 1.29 is 28.9 Å². The van der Waals surface area contributed by atoms with E-state index in [0.717, 1.165) is 25.7 Å². The van der Waals surface area contributed by atoms with E-state index in [4.69, 9.17) is 14.2 Å². The van der Waals surface area contributed by atoms with Crippen LogP contribution in [0.4, 0.5) is 4.79 Å². The number of fused-ring (bicyclic) bond motifs is 1. The monoisotopic (exact) mass is 411 g/mol. The normalized spacial score (nSPS) is 35.3. The van der Waals surface area contributed by atoms with Crippen molar-refractivity contribution in [2.24, 2.45) is 0 Å². The van der Waals surface area contributed by atoms with Gasteiger partial charge in [-0.05, 0) is 12.8 Å². The molecule has 5 unspecified atom stereocenters. The van der Waals surface area contributed by atoms with E-state index in [1.54, 1.807) is 4.90 Å². The molecule has 3 heterocycles. The molecule has 3 aliphatic heterocycles. The largest absolute Gasteiger partial charge is 0.388 e. The fourth-order valence-corrected chi connectivity index (χ4v) is 4.82. The molecule has 164 valence electrons. The average molecular weight is 411 g/mol. The molecule has 0 aromatic carbocycles. The first-order valence-electron chi connectivity index (χ1n) is 11.0. The van der Waals surface area contributed by atoms with Crippen molar-refractivity contribution in [3.05, 3.63) is 0 Å². The predicted octanol–water partition coefficient (Wildman–Crippen LogP) is 0.153. The Morgan fingerprint density at radius 2 is 1.83 bits per heavy atom. The maximum atomic E-state index is 12.4. The summed E-state index contributed by atoms with van der Waals surface area (Å²) in [6.07, 6.45) is 4.29. The number of amides is 3. The molecule has 0 aromatic heterocycles. The van der Waals surface area contributed by atoms with Crippen LogP contribution in [-0.4, -0.2) is 91.4 Å². The summed E-state index contributed by atoms with van der Waals surface area (Å²) in [6, 6.07) is 0.0327. The van der Waals surface area contributed by atoms with Gasteiger partial charge in [-0.3, -0.25) is 4.79 Å². The van der Waals surface area contributed by atoms with Crippen LogP contribution in [0.1, 0.15) is 44.9 Å². The minimum Gasteiger partial charge on any atom is -0.388 e. The Labute approximate surface area is 171 Å². The molecule has 4 rings (SSSR count). The Balaban J connectivity index is 1.18. The molecule has 4 fully saturated rings. The van der Waals surface area contributed by atoms with Gasteiger partial charge in [-0.2, -0.15) is 0 Å². The zero-order chi connectivity index (χ0) is 20.2. The van der Waals surface area contributed by atoms with Crippen LogP contribution in [0.25, 0.3) is 0 Å². The van der Waals surface area contributed by atoms with Gasteiger partial charge in [-0.15, -0.1) is 0 Å². The molecule has 3 saturated heterocycles. The second kappa shape index (κ2) is 9.59. The molecule has 5 atom stereocenters. The molecule has 0 aromatic rings. The first kappa shape index (κ1) is 20.8. The summed E-state index contributed by atoms with van der Waals surface area (Å²) in [4.78, 5) is 26.3. The highest BCUT2D eigenvalue weighted by atomic mass is 16.6. The molecule has 3 N–H and O–H groups in total. The molecular formula is C20H33N3O6. The van der Waals surface area contributed by atoms with Gasteiger partial charge in [-0.1, -0.05) is 19.3 Å². The van der Waals surface area contributed by atoms with Crippen LogP contribution in [0.3, 0.4) is 0 Å². The number of aliphatic hydroxyl groups excluding tert-OH is 1. The fourth-order valence-electron chi connectivity index (χ4n) is 4.82. The first-order valence-corrected chi connectivity index (χ1v) is 11.0. The number of urea groups is 1. The lowest BCUT2D eigenvalue weighted by Gasteiger charge is -2.28. The van der Waals surface area contributed by atoms with Crippen LogP contribution >= 0.6 is 0 Å². The second-order valence-electron chi connectivity index (χ2n) is 8.55. The Morgan fingerprint density at radius 1 is 1.07 bits per heavy atom. The van der Waals surface area contributed by atoms with Crippen LogP contribution in [0.15, 0.2) is 0 Å². The zero-order valence-corrected chi connectivity index (χ0v) is 16.9. The third-order valence-corrected chi connectivity index (χ3v) is 6.45. The van der Waals surface area contributed by atoms with Gasteiger partial charge in [0.2, 0.25) is 5.91 Å². The van der Waals surface area contributed by atoms with Crippen LogP contribution in [-0.2, 0) is 19.0 Å². The average Bonchev–Trinajstić information content (AvgIpc) is 3.26. The van der Waals surface area contributed by atoms with E-state index in [0.29, 0.717) is 39.1 Å². The van der Waals surface area contributed by atoms with E-state index in [1.165, 1.54) is 6.42 Å². The predicted molar refractivity (Wildman–Crippen MR) is 103 cm³/mol. The standard InChI is InChI=1S/C20H33N3O6/c24-17(23-6-8-27-9-7-23)11-14-10-15-19(28-14)18(25)16(29-15)12-21-20(26)22-13-4-2-1-3-5-13/h13-16,18-19,25H,1-12H2,(H2,21,22,26). The molecule has 9 nitrogen and oxygen atoms in total. The minimum atomic E-state index is -0.807. The van der Waals surface area contributed by atoms with Gasteiger partial charge in [0.25, 0.3) is 0 Å². The number of rotatable bonds is 5. The first-order chi connectivity index (χ1) is 14.1. The smallest absolute Gasteiger partial charge is 0.315 e. The van der Waals surface area contributed by atoms with E-state index < -0.39 is 18.3 Å². The molecule has 4 aliphatic rings. The second-order valence-corrected chi connectivity index (χ2v) is 8.55. The number of aliphatic hydroxyl groups is 1. The number of nitrogens with one attached hydrogen (secondary N) is 2. The van der Waals surface area contributed by atoms with Gasteiger partial charge >= 0.3 is 6.03 Å². The van der Waals surface area contributed by atoms with Gasteiger partial charge in [0.15, 0.2) is 0 Å². The SMILES string of the molecule is O=C(NCC1OC2CC(CC(=O)N3CCOCC3)OC2C1O)NC1CCCCC1. The number of hydrogen-bond acceptors (Lipinski definition) is 6. The highest BCUT2D eigenvalue weighted by molar-refractivity contribution is 5.77.